The molecule has 7 heteroatoms. The van der Waals surface area contributed by atoms with Crippen LogP contribution in [0.3, 0.4) is 0 Å². The van der Waals surface area contributed by atoms with Crippen molar-refractivity contribution in [1.82, 2.24) is 9.55 Å². The number of hydrogen-bond donors (Lipinski definition) is 0. The number of methoxy groups -OCH3 is 1. The van der Waals surface area contributed by atoms with E-state index in [0.717, 1.165) is 29.9 Å². The van der Waals surface area contributed by atoms with Crippen molar-refractivity contribution in [3.8, 4) is 0 Å². The highest BCUT2D eigenvalue weighted by Crippen LogP contribution is 2.32. The summed E-state index contributed by atoms with van der Waals surface area (Å²) in [6.07, 6.45) is -3.12. The molecule has 0 fully saturated rings. The van der Waals surface area contributed by atoms with Crippen LogP contribution in [0.2, 0.25) is 5.02 Å². The topological polar surface area (TPSA) is 27.1 Å². The minimum absolute atomic E-state index is 0.348. The van der Waals surface area contributed by atoms with Crippen LogP contribution < -0.4 is 0 Å². The number of hydrogen-bond acceptors (Lipinski definition) is 2. The maximum absolute atomic E-state index is 13.0. The highest BCUT2D eigenvalue weighted by molar-refractivity contribution is 6.30. The molecular formula is C19H18ClF3N2O. The number of halogens is 4. The zero-order valence-corrected chi connectivity index (χ0v) is 14.9. The first-order valence-electron chi connectivity index (χ1n) is 8.18. The van der Waals surface area contributed by atoms with Crippen LogP contribution in [0.5, 0.6) is 0 Å². The van der Waals surface area contributed by atoms with Gasteiger partial charge in [0.2, 0.25) is 0 Å². The van der Waals surface area contributed by atoms with E-state index in [-0.39, 0.29) is 0 Å². The first kappa shape index (κ1) is 18.7. The van der Waals surface area contributed by atoms with Gasteiger partial charge >= 0.3 is 6.18 Å². The summed E-state index contributed by atoms with van der Waals surface area (Å²) in [7, 11) is 1.62. The summed E-state index contributed by atoms with van der Waals surface area (Å²) in [6, 6.07) is 11.1. The quantitative estimate of drug-likeness (QED) is 0.538. The van der Waals surface area contributed by atoms with E-state index in [9.17, 15) is 13.2 Å². The van der Waals surface area contributed by atoms with Gasteiger partial charge in [-0.2, -0.15) is 13.2 Å². The molecule has 0 spiro atoms. The van der Waals surface area contributed by atoms with E-state index < -0.39 is 11.7 Å². The molecule has 0 unspecified atom stereocenters. The van der Waals surface area contributed by atoms with Crippen molar-refractivity contribution in [2.45, 2.75) is 25.6 Å². The van der Waals surface area contributed by atoms with Crippen LogP contribution in [0, 0.1) is 0 Å². The van der Waals surface area contributed by atoms with Crippen LogP contribution >= 0.6 is 11.6 Å². The summed E-state index contributed by atoms with van der Waals surface area (Å²) in [5.74, 6) is 0.720. The van der Waals surface area contributed by atoms with Gasteiger partial charge in [0, 0.05) is 31.7 Å². The molecule has 0 N–H and O–H groups in total. The maximum Gasteiger partial charge on any atom is 0.416 e. The Labute approximate surface area is 154 Å². The van der Waals surface area contributed by atoms with Crippen LogP contribution in [0.15, 0.2) is 42.5 Å². The van der Waals surface area contributed by atoms with Crippen molar-refractivity contribution < 1.29 is 17.9 Å². The van der Waals surface area contributed by atoms with E-state index in [1.807, 2.05) is 16.7 Å². The first-order valence-corrected chi connectivity index (χ1v) is 8.56. The smallest absolute Gasteiger partial charge is 0.385 e. The predicted octanol–water partition coefficient (Wildman–Crippen LogP) is 5.34. The predicted molar refractivity (Wildman–Crippen MR) is 95.5 cm³/mol. The molecule has 2 aromatic carbocycles. The average molecular weight is 383 g/mol. The standard InChI is InChI=1S/C19H18ClF3N2O/c1-26-10-2-9-25-17-8-5-14(19(21,22)23)12-16(17)24-18(25)11-13-3-6-15(20)7-4-13/h3-8,12H,2,9-11H2,1H3. The van der Waals surface area contributed by atoms with Crippen LogP contribution in [-0.2, 0) is 23.9 Å². The van der Waals surface area contributed by atoms with E-state index in [1.54, 1.807) is 19.2 Å². The molecule has 1 heterocycles. The number of aromatic nitrogens is 2. The lowest BCUT2D eigenvalue weighted by Crippen LogP contribution is -2.07. The minimum atomic E-state index is -4.38. The van der Waals surface area contributed by atoms with Crippen molar-refractivity contribution in [3.63, 3.8) is 0 Å². The Balaban J connectivity index is 2.00. The number of rotatable bonds is 6. The fraction of sp³-hybridized carbons (Fsp3) is 0.316. The van der Waals surface area contributed by atoms with Gasteiger partial charge in [-0.1, -0.05) is 23.7 Å². The van der Waals surface area contributed by atoms with Crippen LogP contribution in [-0.4, -0.2) is 23.3 Å². The molecule has 1 aromatic heterocycles. The molecule has 0 radical (unpaired) electrons. The highest BCUT2D eigenvalue weighted by atomic mass is 35.5. The average Bonchev–Trinajstić information content (AvgIpc) is 2.93. The van der Waals surface area contributed by atoms with Crippen molar-refractivity contribution in [3.05, 3.63) is 64.4 Å². The molecule has 0 saturated heterocycles. The lowest BCUT2D eigenvalue weighted by atomic mass is 10.1. The van der Waals surface area contributed by atoms with Gasteiger partial charge in [0.1, 0.15) is 5.82 Å². The number of benzene rings is 2. The number of alkyl halides is 3. The van der Waals surface area contributed by atoms with Crippen molar-refractivity contribution >= 4 is 22.6 Å². The number of fused-ring (bicyclic) bond motifs is 1. The Morgan fingerprint density at radius 1 is 1.12 bits per heavy atom. The largest absolute Gasteiger partial charge is 0.416 e. The number of imidazole rings is 1. The maximum atomic E-state index is 13.0. The van der Waals surface area contributed by atoms with E-state index in [0.29, 0.717) is 35.6 Å². The zero-order valence-electron chi connectivity index (χ0n) is 14.2. The summed E-state index contributed by atoms with van der Waals surface area (Å²) < 4.78 is 46.0. The van der Waals surface area contributed by atoms with Crippen molar-refractivity contribution in [1.29, 1.82) is 0 Å². The molecule has 0 aliphatic heterocycles. The summed E-state index contributed by atoms with van der Waals surface area (Å²) in [6.45, 7) is 1.19. The third kappa shape index (κ3) is 4.19. The molecule has 0 bridgehead atoms. The summed E-state index contributed by atoms with van der Waals surface area (Å²) in [5.41, 5.74) is 1.34. The monoisotopic (exact) mass is 382 g/mol. The molecule has 3 aromatic rings. The Bertz CT molecular complexity index is 888. The summed E-state index contributed by atoms with van der Waals surface area (Å²) in [4.78, 5) is 4.47. The van der Waals surface area contributed by atoms with Crippen LogP contribution in [0.4, 0.5) is 13.2 Å². The van der Waals surface area contributed by atoms with Gasteiger partial charge < -0.3 is 9.30 Å². The summed E-state index contributed by atoms with van der Waals surface area (Å²) in [5, 5.41) is 0.636. The first-order chi connectivity index (χ1) is 12.4. The molecule has 0 aliphatic rings. The molecule has 3 rings (SSSR count). The third-order valence-electron chi connectivity index (χ3n) is 4.16. The van der Waals surface area contributed by atoms with Gasteiger partial charge in [0.25, 0.3) is 0 Å². The Morgan fingerprint density at radius 3 is 2.50 bits per heavy atom. The lowest BCUT2D eigenvalue weighted by Gasteiger charge is -2.10. The molecule has 0 aliphatic carbocycles. The second kappa shape index (κ2) is 7.68. The molecule has 26 heavy (non-hydrogen) atoms. The molecule has 3 nitrogen and oxygen atoms in total. The van der Waals surface area contributed by atoms with Gasteiger partial charge in [-0.25, -0.2) is 4.98 Å². The van der Waals surface area contributed by atoms with Crippen molar-refractivity contribution in [2.24, 2.45) is 0 Å². The SMILES string of the molecule is COCCCn1c(Cc2ccc(Cl)cc2)nc2cc(C(F)(F)F)ccc21. The Morgan fingerprint density at radius 2 is 1.85 bits per heavy atom. The minimum Gasteiger partial charge on any atom is -0.385 e. The van der Waals surface area contributed by atoms with E-state index >= 15 is 0 Å². The second-order valence-electron chi connectivity index (χ2n) is 6.03. The third-order valence-corrected chi connectivity index (χ3v) is 4.41. The van der Waals surface area contributed by atoms with Gasteiger partial charge in [-0.05, 0) is 42.3 Å². The van der Waals surface area contributed by atoms with Crippen molar-refractivity contribution in [2.75, 3.05) is 13.7 Å². The molecular weight excluding hydrogens is 365 g/mol. The molecule has 0 atom stereocenters. The van der Waals surface area contributed by atoms with Crippen LogP contribution in [0.1, 0.15) is 23.4 Å². The van der Waals surface area contributed by atoms with Gasteiger partial charge in [-0.3, -0.25) is 0 Å². The van der Waals surface area contributed by atoms with Crippen LogP contribution in [0.25, 0.3) is 11.0 Å². The zero-order chi connectivity index (χ0) is 18.7. The molecule has 138 valence electrons. The lowest BCUT2D eigenvalue weighted by molar-refractivity contribution is -0.137. The molecule has 0 saturated carbocycles. The van der Waals surface area contributed by atoms with Gasteiger partial charge in [0.15, 0.2) is 0 Å². The second-order valence-corrected chi connectivity index (χ2v) is 6.47. The van der Waals surface area contributed by atoms with Gasteiger partial charge in [-0.15, -0.1) is 0 Å². The Kier molecular flexibility index (Phi) is 5.53. The fourth-order valence-corrected chi connectivity index (χ4v) is 3.02. The molecule has 0 amide bonds. The fourth-order valence-electron chi connectivity index (χ4n) is 2.89. The highest BCUT2D eigenvalue weighted by Gasteiger charge is 2.31. The van der Waals surface area contributed by atoms with E-state index in [1.165, 1.54) is 6.07 Å². The van der Waals surface area contributed by atoms with E-state index in [4.69, 9.17) is 16.3 Å². The Hall–Kier alpha value is -2.05. The van der Waals surface area contributed by atoms with E-state index in [2.05, 4.69) is 4.98 Å². The van der Waals surface area contributed by atoms with Gasteiger partial charge in [0.05, 0.1) is 16.6 Å². The number of ether oxygens (including phenoxy) is 1. The number of aryl methyl sites for hydroxylation is 1. The summed E-state index contributed by atoms with van der Waals surface area (Å²) >= 11 is 5.91. The normalized spacial score (nSPS) is 12.0. The number of nitrogens with zero attached hydrogens (tertiary/aromatic N) is 2.